The van der Waals surface area contributed by atoms with Crippen LogP contribution in [-0.2, 0) is 4.79 Å². The molecule has 1 fully saturated rings. The van der Waals surface area contributed by atoms with Gasteiger partial charge < -0.3 is 5.11 Å². The highest BCUT2D eigenvalue weighted by Crippen LogP contribution is 2.41. The molecule has 23 heavy (non-hydrogen) atoms. The highest BCUT2D eigenvalue weighted by molar-refractivity contribution is 6.00. The average molecular weight is 308 g/mol. The summed E-state index contributed by atoms with van der Waals surface area (Å²) in [5.74, 6) is -1.68. The first-order valence-corrected chi connectivity index (χ1v) is 8.04. The van der Waals surface area contributed by atoms with E-state index >= 15 is 0 Å². The summed E-state index contributed by atoms with van der Waals surface area (Å²) in [5, 5.41) is 9.51. The van der Waals surface area contributed by atoms with Crippen LogP contribution in [0.5, 0.6) is 0 Å². The van der Waals surface area contributed by atoms with Crippen LogP contribution in [-0.4, -0.2) is 16.9 Å². The van der Waals surface area contributed by atoms with E-state index in [1.165, 1.54) is 5.56 Å². The van der Waals surface area contributed by atoms with Crippen LogP contribution in [0.4, 0.5) is 0 Å². The molecule has 3 rings (SSSR count). The maximum absolute atomic E-state index is 12.8. The molecule has 0 spiro atoms. The topological polar surface area (TPSA) is 54.4 Å². The number of carbonyl (C=O) groups excluding carboxylic acids is 1. The Labute approximate surface area is 136 Å². The molecule has 0 radical (unpaired) electrons. The maximum atomic E-state index is 12.8. The molecule has 3 heteroatoms. The van der Waals surface area contributed by atoms with Crippen molar-refractivity contribution in [3.8, 4) is 0 Å². The summed E-state index contributed by atoms with van der Waals surface area (Å²) in [4.78, 5) is 24.4. The van der Waals surface area contributed by atoms with E-state index in [0.29, 0.717) is 18.4 Å². The van der Waals surface area contributed by atoms with E-state index in [2.05, 4.69) is 12.1 Å². The number of Topliss-reactive ketones (excluding diaryl/α,β-unsaturated/α-hetero) is 1. The van der Waals surface area contributed by atoms with Gasteiger partial charge >= 0.3 is 5.97 Å². The number of ketones is 1. The van der Waals surface area contributed by atoms with E-state index in [1.54, 1.807) is 12.1 Å². The van der Waals surface area contributed by atoms with E-state index in [4.69, 9.17) is 0 Å². The fourth-order valence-electron chi connectivity index (χ4n) is 3.60. The van der Waals surface area contributed by atoms with Crippen molar-refractivity contribution in [3.63, 3.8) is 0 Å². The molecule has 1 N–H and O–H groups in total. The standard InChI is InChI=1S/C20H20O3/c21-19(15-9-5-2-6-10-15)18-13-16(11-12-17(18)20(22)23)14-7-3-1-4-8-14/h1-10,16-18H,11-13H2,(H,22,23)/t16-,17-,18+/m1/s1. The van der Waals surface area contributed by atoms with Gasteiger partial charge in [0, 0.05) is 11.5 Å². The summed E-state index contributed by atoms with van der Waals surface area (Å²) in [6.07, 6.45) is 1.98. The normalized spacial score (nSPS) is 24.1. The molecule has 1 aliphatic rings. The molecule has 118 valence electrons. The second-order valence-corrected chi connectivity index (χ2v) is 6.20. The van der Waals surface area contributed by atoms with Crippen molar-refractivity contribution < 1.29 is 14.7 Å². The number of carboxylic acids is 1. The van der Waals surface area contributed by atoms with Crippen LogP contribution in [0.1, 0.15) is 41.1 Å². The molecule has 0 saturated heterocycles. The zero-order valence-electron chi connectivity index (χ0n) is 12.9. The fourth-order valence-corrected chi connectivity index (χ4v) is 3.60. The number of carbonyl (C=O) groups is 2. The maximum Gasteiger partial charge on any atom is 0.307 e. The van der Waals surface area contributed by atoms with Gasteiger partial charge in [-0.3, -0.25) is 9.59 Å². The Morgan fingerprint density at radius 3 is 2.04 bits per heavy atom. The Hall–Kier alpha value is -2.42. The Bertz CT molecular complexity index is 679. The molecule has 2 aromatic carbocycles. The average Bonchev–Trinajstić information content (AvgIpc) is 2.62. The fraction of sp³-hybridized carbons (Fsp3) is 0.300. The second-order valence-electron chi connectivity index (χ2n) is 6.20. The third-order valence-corrected chi connectivity index (χ3v) is 4.83. The van der Waals surface area contributed by atoms with Crippen molar-refractivity contribution in [3.05, 3.63) is 71.8 Å². The molecular formula is C20H20O3. The zero-order valence-corrected chi connectivity index (χ0v) is 12.9. The Morgan fingerprint density at radius 2 is 1.43 bits per heavy atom. The van der Waals surface area contributed by atoms with Gasteiger partial charge in [0.2, 0.25) is 0 Å². The predicted octanol–water partition coefficient (Wildman–Crippen LogP) is 4.15. The van der Waals surface area contributed by atoms with E-state index in [9.17, 15) is 14.7 Å². The van der Waals surface area contributed by atoms with Gasteiger partial charge in [-0.05, 0) is 30.7 Å². The van der Waals surface area contributed by atoms with Crippen molar-refractivity contribution in [2.45, 2.75) is 25.2 Å². The van der Waals surface area contributed by atoms with E-state index in [0.717, 1.165) is 6.42 Å². The molecule has 0 aliphatic heterocycles. The lowest BCUT2D eigenvalue weighted by Crippen LogP contribution is -2.35. The lowest BCUT2D eigenvalue weighted by Gasteiger charge is -2.33. The van der Waals surface area contributed by atoms with Gasteiger partial charge in [-0.25, -0.2) is 0 Å². The lowest BCUT2D eigenvalue weighted by molar-refractivity contribution is -0.144. The minimum Gasteiger partial charge on any atom is -0.481 e. The summed E-state index contributed by atoms with van der Waals surface area (Å²) < 4.78 is 0. The largest absolute Gasteiger partial charge is 0.481 e. The van der Waals surface area contributed by atoms with Gasteiger partial charge in [0.25, 0.3) is 0 Å². The summed E-state index contributed by atoms with van der Waals surface area (Å²) in [6, 6.07) is 19.1. The van der Waals surface area contributed by atoms with E-state index in [-0.39, 0.29) is 11.7 Å². The lowest BCUT2D eigenvalue weighted by atomic mass is 9.69. The van der Waals surface area contributed by atoms with Gasteiger partial charge in [-0.1, -0.05) is 60.7 Å². The minimum absolute atomic E-state index is 0.0429. The van der Waals surface area contributed by atoms with Crippen molar-refractivity contribution in [2.75, 3.05) is 0 Å². The number of rotatable bonds is 4. The van der Waals surface area contributed by atoms with Gasteiger partial charge in [0.05, 0.1) is 5.92 Å². The molecule has 0 heterocycles. The first-order valence-electron chi connectivity index (χ1n) is 8.04. The van der Waals surface area contributed by atoms with E-state index < -0.39 is 17.8 Å². The molecule has 0 bridgehead atoms. The highest BCUT2D eigenvalue weighted by Gasteiger charge is 2.39. The Balaban J connectivity index is 1.86. The second kappa shape index (κ2) is 6.78. The molecule has 2 aromatic rings. The van der Waals surface area contributed by atoms with Crippen molar-refractivity contribution in [1.29, 1.82) is 0 Å². The number of carboxylic acid groups (broad SMARTS) is 1. The number of hydrogen-bond donors (Lipinski definition) is 1. The van der Waals surface area contributed by atoms with Crippen LogP contribution >= 0.6 is 0 Å². The summed E-state index contributed by atoms with van der Waals surface area (Å²) in [5.41, 5.74) is 1.81. The minimum atomic E-state index is -0.856. The van der Waals surface area contributed by atoms with Gasteiger partial charge in [0.1, 0.15) is 0 Å². The predicted molar refractivity (Wildman–Crippen MR) is 88.4 cm³/mol. The first kappa shape index (κ1) is 15.5. The van der Waals surface area contributed by atoms with Crippen LogP contribution in [0, 0.1) is 11.8 Å². The van der Waals surface area contributed by atoms with Gasteiger partial charge in [0.15, 0.2) is 5.78 Å². The molecule has 0 amide bonds. The number of hydrogen-bond acceptors (Lipinski definition) is 2. The Kier molecular flexibility index (Phi) is 4.56. The van der Waals surface area contributed by atoms with Gasteiger partial charge in [-0.2, -0.15) is 0 Å². The van der Waals surface area contributed by atoms with Crippen LogP contribution in [0.3, 0.4) is 0 Å². The molecule has 1 saturated carbocycles. The third-order valence-electron chi connectivity index (χ3n) is 4.83. The molecule has 0 aromatic heterocycles. The summed E-state index contributed by atoms with van der Waals surface area (Å²) >= 11 is 0. The van der Waals surface area contributed by atoms with Crippen LogP contribution in [0.2, 0.25) is 0 Å². The number of aliphatic carboxylic acids is 1. The zero-order chi connectivity index (χ0) is 16.2. The highest BCUT2D eigenvalue weighted by atomic mass is 16.4. The Morgan fingerprint density at radius 1 is 0.826 bits per heavy atom. The first-order chi connectivity index (χ1) is 11.2. The molecule has 1 aliphatic carbocycles. The van der Waals surface area contributed by atoms with Crippen LogP contribution in [0.15, 0.2) is 60.7 Å². The van der Waals surface area contributed by atoms with Crippen LogP contribution < -0.4 is 0 Å². The van der Waals surface area contributed by atoms with Crippen LogP contribution in [0.25, 0.3) is 0 Å². The smallest absolute Gasteiger partial charge is 0.307 e. The van der Waals surface area contributed by atoms with Crippen molar-refractivity contribution in [2.24, 2.45) is 11.8 Å². The van der Waals surface area contributed by atoms with Gasteiger partial charge in [-0.15, -0.1) is 0 Å². The third kappa shape index (κ3) is 3.34. The molecule has 3 atom stereocenters. The number of benzene rings is 2. The molecule has 3 nitrogen and oxygen atoms in total. The SMILES string of the molecule is O=C(c1ccccc1)[C@H]1C[C@H](c2ccccc2)CC[C@H]1C(=O)O. The van der Waals surface area contributed by atoms with Crippen molar-refractivity contribution in [1.82, 2.24) is 0 Å². The summed E-state index contributed by atoms with van der Waals surface area (Å²) in [7, 11) is 0. The molecule has 0 unspecified atom stereocenters. The monoisotopic (exact) mass is 308 g/mol. The summed E-state index contributed by atoms with van der Waals surface area (Å²) in [6.45, 7) is 0. The quantitative estimate of drug-likeness (QED) is 0.863. The van der Waals surface area contributed by atoms with Crippen molar-refractivity contribution >= 4 is 11.8 Å². The van der Waals surface area contributed by atoms with E-state index in [1.807, 2.05) is 36.4 Å². The molecular weight excluding hydrogens is 288 g/mol.